The zero-order valence-electron chi connectivity index (χ0n) is 6.69. The molecule has 11 heteroatoms. The summed E-state index contributed by atoms with van der Waals surface area (Å²) in [4.78, 5) is 9.58. The standard InChI is InChI=1S/C5F10O/c6-1(16)2(3(7,8)9,4(10,11)12)5(13,14)15. The summed E-state index contributed by atoms with van der Waals surface area (Å²) in [7, 11) is 0. The van der Waals surface area contributed by atoms with Crippen LogP contribution in [-0.2, 0) is 4.79 Å². The van der Waals surface area contributed by atoms with Gasteiger partial charge >= 0.3 is 30.0 Å². The molecule has 0 atom stereocenters. The van der Waals surface area contributed by atoms with Gasteiger partial charge in [0.1, 0.15) is 0 Å². The van der Waals surface area contributed by atoms with Crippen molar-refractivity contribution in [3.8, 4) is 0 Å². The maximum absolute atomic E-state index is 11.7. The Morgan fingerprint density at radius 3 is 0.812 bits per heavy atom. The van der Waals surface area contributed by atoms with Crippen molar-refractivity contribution in [3.05, 3.63) is 0 Å². The van der Waals surface area contributed by atoms with Crippen molar-refractivity contribution in [2.24, 2.45) is 5.41 Å². The molecule has 0 unspecified atom stereocenters. The lowest BCUT2D eigenvalue weighted by Crippen LogP contribution is -2.63. The monoisotopic (exact) mass is 266 g/mol. The molecule has 0 aromatic rings. The van der Waals surface area contributed by atoms with Gasteiger partial charge in [0.05, 0.1) is 0 Å². The molecule has 1 nitrogen and oxygen atoms in total. The van der Waals surface area contributed by atoms with Crippen LogP contribution in [0.5, 0.6) is 0 Å². The van der Waals surface area contributed by atoms with Crippen LogP contribution < -0.4 is 0 Å². The van der Waals surface area contributed by atoms with Crippen molar-refractivity contribution in [1.29, 1.82) is 0 Å². The van der Waals surface area contributed by atoms with Gasteiger partial charge in [-0.25, -0.2) is 0 Å². The topological polar surface area (TPSA) is 17.1 Å². The molecule has 0 rings (SSSR count). The minimum Gasteiger partial charge on any atom is -0.259 e. The highest BCUT2D eigenvalue weighted by atomic mass is 19.4. The predicted molar refractivity (Wildman–Crippen MR) is 26.7 cm³/mol. The van der Waals surface area contributed by atoms with Crippen molar-refractivity contribution in [1.82, 2.24) is 0 Å². The molecule has 0 heterocycles. The second kappa shape index (κ2) is 3.48. The van der Waals surface area contributed by atoms with Gasteiger partial charge in [0, 0.05) is 0 Å². The normalized spacial score (nSPS) is 15.1. The van der Waals surface area contributed by atoms with Crippen LogP contribution in [0.1, 0.15) is 0 Å². The lowest BCUT2D eigenvalue weighted by molar-refractivity contribution is -0.409. The van der Waals surface area contributed by atoms with Gasteiger partial charge in [0.25, 0.3) is 0 Å². The molecule has 0 aromatic heterocycles. The van der Waals surface area contributed by atoms with E-state index >= 15 is 0 Å². The van der Waals surface area contributed by atoms with Crippen LogP contribution in [0.3, 0.4) is 0 Å². The number of carbonyl (C=O) groups excluding carboxylic acids is 1. The van der Waals surface area contributed by atoms with Crippen LogP contribution in [0.25, 0.3) is 0 Å². The average molecular weight is 266 g/mol. The molecular weight excluding hydrogens is 266 g/mol. The van der Waals surface area contributed by atoms with E-state index in [1.54, 1.807) is 0 Å². The summed E-state index contributed by atoms with van der Waals surface area (Å²) >= 11 is 0. The Hall–Kier alpha value is -1.03. The zero-order chi connectivity index (χ0) is 13.6. The Labute approximate surface area is 80.0 Å². The lowest BCUT2D eigenvalue weighted by atomic mass is 9.86. The van der Waals surface area contributed by atoms with Crippen LogP contribution in [-0.4, -0.2) is 24.6 Å². The van der Waals surface area contributed by atoms with Crippen molar-refractivity contribution in [2.75, 3.05) is 0 Å². The summed E-state index contributed by atoms with van der Waals surface area (Å²) in [6.45, 7) is 0. The fraction of sp³-hybridized carbons (Fsp3) is 0.800. The molecule has 0 aliphatic rings. The fourth-order valence-electron chi connectivity index (χ4n) is 0.816. The van der Waals surface area contributed by atoms with E-state index in [2.05, 4.69) is 0 Å². The van der Waals surface area contributed by atoms with Gasteiger partial charge in [0.15, 0.2) is 0 Å². The fourth-order valence-corrected chi connectivity index (χ4v) is 0.816. The van der Waals surface area contributed by atoms with Crippen LogP contribution in [0.2, 0.25) is 0 Å². The average Bonchev–Trinajstić information content (AvgIpc) is 1.71. The van der Waals surface area contributed by atoms with Crippen LogP contribution >= 0.6 is 0 Å². The molecule has 96 valence electrons. The molecule has 0 spiro atoms. The molecule has 0 amide bonds. The minimum absolute atomic E-state index is 4.57. The third-order valence-electron chi connectivity index (χ3n) is 1.57. The van der Waals surface area contributed by atoms with Gasteiger partial charge in [-0.3, -0.25) is 4.79 Å². The van der Waals surface area contributed by atoms with Gasteiger partial charge in [-0.1, -0.05) is 0 Å². The first kappa shape index (κ1) is 15.0. The molecule has 0 N–H and O–H groups in total. The maximum Gasteiger partial charge on any atom is 0.422 e. The van der Waals surface area contributed by atoms with Crippen molar-refractivity contribution < 1.29 is 48.7 Å². The zero-order valence-corrected chi connectivity index (χ0v) is 6.69. The van der Waals surface area contributed by atoms with Crippen LogP contribution in [0.15, 0.2) is 0 Å². The first-order chi connectivity index (χ1) is 6.69. The van der Waals surface area contributed by atoms with E-state index in [1.807, 2.05) is 0 Å². The molecular formula is C5F10O. The molecule has 0 aliphatic heterocycles. The van der Waals surface area contributed by atoms with Crippen molar-refractivity contribution in [3.63, 3.8) is 0 Å². The Kier molecular flexibility index (Phi) is 3.26. The van der Waals surface area contributed by atoms with Gasteiger partial charge in [0.2, 0.25) is 0 Å². The summed E-state index contributed by atoms with van der Waals surface area (Å²) in [5.74, 6) is 0. The Morgan fingerprint density at radius 1 is 0.625 bits per heavy atom. The van der Waals surface area contributed by atoms with Gasteiger partial charge < -0.3 is 0 Å². The molecule has 0 fully saturated rings. The number of rotatable bonds is 1. The second-order valence-electron chi connectivity index (χ2n) is 2.52. The smallest absolute Gasteiger partial charge is 0.259 e. The van der Waals surface area contributed by atoms with E-state index in [9.17, 15) is 48.7 Å². The summed E-state index contributed by atoms with van der Waals surface area (Å²) in [5, 5.41) is 0. The van der Waals surface area contributed by atoms with Gasteiger partial charge in [-0.15, -0.1) is 0 Å². The minimum atomic E-state index is -7.17. The van der Waals surface area contributed by atoms with Gasteiger partial charge in [-0.05, 0) is 0 Å². The quantitative estimate of drug-likeness (QED) is 0.526. The van der Waals surface area contributed by atoms with E-state index in [1.165, 1.54) is 0 Å². The van der Waals surface area contributed by atoms with E-state index in [-0.39, 0.29) is 0 Å². The molecule has 0 saturated carbocycles. The SMILES string of the molecule is O=C(F)C(C(F)(F)F)(C(F)(F)F)C(F)(F)F. The first-order valence-electron chi connectivity index (χ1n) is 3.09. The summed E-state index contributed by atoms with van der Waals surface area (Å²) in [6.07, 6.45) is -21.5. The number of alkyl halides is 9. The van der Waals surface area contributed by atoms with E-state index in [0.29, 0.717) is 0 Å². The van der Waals surface area contributed by atoms with E-state index in [4.69, 9.17) is 0 Å². The molecule has 0 saturated heterocycles. The van der Waals surface area contributed by atoms with Crippen molar-refractivity contribution >= 4 is 6.04 Å². The third kappa shape index (κ3) is 1.82. The summed E-state index contributed by atoms with van der Waals surface area (Å²) in [6, 6.07) is -4.57. The summed E-state index contributed by atoms with van der Waals surface area (Å²) in [5.41, 5.74) is -6.99. The molecule has 16 heavy (non-hydrogen) atoms. The Morgan fingerprint density at radius 2 is 0.812 bits per heavy atom. The highest BCUT2D eigenvalue weighted by molar-refractivity contribution is 5.79. The highest BCUT2D eigenvalue weighted by Crippen LogP contribution is 2.59. The highest BCUT2D eigenvalue weighted by Gasteiger charge is 2.88. The van der Waals surface area contributed by atoms with Crippen molar-refractivity contribution in [2.45, 2.75) is 18.5 Å². The molecule has 0 aliphatic carbocycles. The molecule has 0 bridgehead atoms. The van der Waals surface area contributed by atoms with Crippen LogP contribution in [0, 0.1) is 5.41 Å². The number of halogens is 10. The summed E-state index contributed by atoms with van der Waals surface area (Å²) < 4.78 is 117. The Bertz CT molecular complexity index is 243. The molecule has 0 aromatic carbocycles. The maximum atomic E-state index is 11.7. The second-order valence-corrected chi connectivity index (χ2v) is 2.52. The predicted octanol–water partition coefficient (Wildman–Crippen LogP) is 3.16. The van der Waals surface area contributed by atoms with E-state index < -0.39 is 30.0 Å². The van der Waals surface area contributed by atoms with Gasteiger partial charge in [-0.2, -0.15) is 43.9 Å². The number of hydrogen-bond donors (Lipinski definition) is 0. The van der Waals surface area contributed by atoms with Crippen LogP contribution in [0.4, 0.5) is 43.9 Å². The first-order valence-corrected chi connectivity index (χ1v) is 3.09. The van der Waals surface area contributed by atoms with E-state index in [0.717, 1.165) is 0 Å². The molecule has 0 radical (unpaired) electrons. The lowest BCUT2D eigenvalue weighted by Gasteiger charge is -2.34. The Balaban J connectivity index is 6.17. The third-order valence-corrected chi connectivity index (χ3v) is 1.57. The number of hydrogen-bond acceptors (Lipinski definition) is 1. The largest absolute Gasteiger partial charge is 0.422 e. The number of carbonyl (C=O) groups is 1.